The Morgan fingerprint density at radius 2 is 1.89 bits per heavy atom. The lowest BCUT2D eigenvalue weighted by atomic mass is 10.1. The second kappa shape index (κ2) is 5.06. The Kier molecular flexibility index (Phi) is 3.66. The lowest BCUT2D eigenvalue weighted by Gasteiger charge is -2.28. The van der Waals surface area contributed by atoms with E-state index in [4.69, 9.17) is 15.2 Å². The number of likely N-dealkylation sites (N-methyl/N-ethyl adjacent to an activating group) is 1. The van der Waals surface area contributed by atoms with Crippen LogP contribution in [0.5, 0.6) is 11.5 Å². The van der Waals surface area contributed by atoms with Gasteiger partial charge >= 0.3 is 0 Å². The first-order chi connectivity index (χ1) is 8.46. The first-order valence-electron chi connectivity index (χ1n) is 6.35. The van der Waals surface area contributed by atoms with Gasteiger partial charge in [-0.05, 0) is 26.0 Å². The van der Waals surface area contributed by atoms with Crippen molar-refractivity contribution in [3.05, 3.63) is 18.2 Å². The van der Waals surface area contributed by atoms with Crippen molar-refractivity contribution in [1.82, 2.24) is 0 Å². The Morgan fingerprint density at radius 1 is 1.22 bits per heavy atom. The first-order valence-corrected chi connectivity index (χ1v) is 6.35. The number of fused-ring (bicyclic) bond motifs is 1. The summed E-state index contributed by atoms with van der Waals surface area (Å²) in [6, 6.07) is 6.03. The van der Waals surface area contributed by atoms with E-state index in [1.807, 2.05) is 39.1 Å². The summed E-state index contributed by atoms with van der Waals surface area (Å²) in [5, 5.41) is 0. The molecular formula is C14H22N2O2. The number of hydrogen-bond donors (Lipinski definition) is 1. The maximum absolute atomic E-state index is 6.04. The molecule has 0 fully saturated rings. The minimum atomic E-state index is -0.223. The van der Waals surface area contributed by atoms with Crippen LogP contribution < -0.4 is 20.1 Å². The van der Waals surface area contributed by atoms with Gasteiger partial charge < -0.3 is 20.1 Å². The van der Waals surface area contributed by atoms with Crippen molar-refractivity contribution < 1.29 is 9.47 Å². The summed E-state index contributed by atoms with van der Waals surface area (Å²) in [4.78, 5) is 2.13. The minimum Gasteiger partial charge on any atom is -0.490 e. The molecule has 0 spiro atoms. The highest BCUT2D eigenvalue weighted by Gasteiger charge is 2.16. The van der Waals surface area contributed by atoms with Crippen molar-refractivity contribution in [3.63, 3.8) is 0 Å². The van der Waals surface area contributed by atoms with E-state index in [-0.39, 0.29) is 5.54 Å². The van der Waals surface area contributed by atoms with Crippen LogP contribution in [0, 0.1) is 0 Å². The first kappa shape index (κ1) is 13.0. The lowest BCUT2D eigenvalue weighted by molar-refractivity contribution is 0.297. The molecule has 0 saturated carbocycles. The molecule has 2 rings (SSSR count). The van der Waals surface area contributed by atoms with Crippen molar-refractivity contribution in [2.45, 2.75) is 25.8 Å². The fourth-order valence-corrected chi connectivity index (χ4v) is 2.09. The zero-order valence-corrected chi connectivity index (χ0v) is 11.4. The fourth-order valence-electron chi connectivity index (χ4n) is 2.09. The third kappa shape index (κ3) is 3.29. The minimum absolute atomic E-state index is 0.223. The topological polar surface area (TPSA) is 47.7 Å². The average molecular weight is 250 g/mol. The number of nitrogens with two attached hydrogens (primary N) is 1. The van der Waals surface area contributed by atoms with E-state index >= 15 is 0 Å². The molecule has 100 valence electrons. The highest BCUT2D eigenvalue weighted by molar-refractivity contribution is 5.56. The van der Waals surface area contributed by atoms with Gasteiger partial charge in [0, 0.05) is 37.3 Å². The molecule has 1 aromatic rings. The largest absolute Gasteiger partial charge is 0.490 e. The Bertz CT molecular complexity index is 413. The van der Waals surface area contributed by atoms with Gasteiger partial charge in [0.15, 0.2) is 11.5 Å². The Morgan fingerprint density at radius 3 is 2.56 bits per heavy atom. The van der Waals surface area contributed by atoms with Crippen molar-refractivity contribution >= 4 is 5.69 Å². The molecule has 1 aliphatic heterocycles. The van der Waals surface area contributed by atoms with E-state index in [0.29, 0.717) is 6.61 Å². The van der Waals surface area contributed by atoms with Gasteiger partial charge in [0.2, 0.25) is 0 Å². The molecule has 0 bridgehead atoms. The van der Waals surface area contributed by atoms with Gasteiger partial charge in [-0.15, -0.1) is 0 Å². The molecule has 0 aromatic heterocycles. The standard InChI is InChI=1S/C14H22N2O2/c1-14(2,15)10-16(3)11-5-6-12-13(9-11)18-8-4-7-17-12/h5-6,9H,4,7-8,10,15H2,1-3H3. The number of rotatable bonds is 3. The second-order valence-electron chi connectivity index (χ2n) is 5.53. The number of ether oxygens (including phenoxy) is 2. The van der Waals surface area contributed by atoms with Crippen LogP contribution in [0.15, 0.2) is 18.2 Å². The molecule has 4 heteroatoms. The zero-order valence-electron chi connectivity index (χ0n) is 11.4. The average Bonchev–Trinajstić information content (AvgIpc) is 2.50. The summed E-state index contributed by atoms with van der Waals surface area (Å²) in [5.41, 5.74) is 6.91. The second-order valence-corrected chi connectivity index (χ2v) is 5.53. The molecule has 4 nitrogen and oxygen atoms in total. The van der Waals surface area contributed by atoms with Crippen LogP contribution in [0.3, 0.4) is 0 Å². The Labute approximate surface area is 109 Å². The molecule has 1 heterocycles. The predicted molar refractivity (Wildman–Crippen MR) is 73.6 cm³/mol. The van der Waals surface area contributed by atoms with E-state index in [0.717, 1.165) is 36.8 Å². The SMILES string of the molecule is CN(CC(C)(C)N)c1ccc2c(c1)OCCCO2. The summed E-state index contributed by atoms with van der Waals surface area (Å²) in [5.74, 6) is 1.66. The van der Waals surface area contributed by atoms with Crippen LogP contribution in [0.2, 0.25) is 0 Å². The summed E-state index contributed by atoms with van der Waals surface area (Å²) in [6.07, 6.45) is 0.926. The lowest BCUT2D eigenvalue weighted by Crippen LogP contribution is -2.44. The summed E-state index contributed by atoms with van der Waals surface area (Å²) in [7, 11) is 2.04. The summed E-state index contributed by atoms with van der Waals surface area (Å²) in [6.45, 7) is 6.26. The van der Waals surface area contributed by atoms with Crippen molar-refractivity contribution in [3.8, 4) is 11.5 Å². The normalized spacial score (nSPS) is 15.1. The molecule has 18 heavy (non-hydrogen) atoms. The van der Waals surface area contributed by atoms with E-state index in [2.05, 4.69) is 4.90 Å². The van der Waals surface area contributed by atoms with Crippen LogP contribution in [0.1, 0.15) is 20.3 Å². The molecule has 0 amide bonds. The van der Waals surface area contributed by atoms with Gasteiger partial charge in [-0.25, -0.2) is 0 Å². The maximum Gasteiger partial charge on any atom is 0.163 e. The fraction of sp³-hybridized carbons (Fsp3) is 0.571. The molecule has 0 aliphatic carbocycles. The monoisotopic (exact) mass is 250 g/mol. The van der Waals surface area contributed by atoms with Crippen LogP contribution >= 0.6 is 0 Å². The van der Waals surface area contributed by atoms with E-state index in [9.17, 15) is 0 Å². The van der Waals surface area contributed by atoms with Crippen LogP contribution in [0.4, 0.5) is 5.69 Å². The smallest absolute Gasteiger partial charge is 0.163 e. The van der Waals surface area contributed by atoms with Gasteiger partial charge in [0.1, 0.15) is 0 Å². The maximum atomic E-state index is 6.04. The van der Waals surface area contributed by atoms with E-state index in [1.165, 1.54) is 0 Å². The van der Waals surface area contributed by atoms with Gasteiger partial charge in [-0.2, -0.15) is 0 Å². The Balaban J connectivity index is 2.17. The molecule has 0 radical (unpaired) electrons. The highest BCUT2D eigenvalue weighted by atomic mass is 16.5. The van der Waals surface area contributed by atoms with Crippen molar-refractivity contribution in [1.29, 1.82) is 0 Å². The van der Waals surface area contributed by atoms with Gasteiger partial charge in [-0.3, -0.25) is 0 Å². The molecule has 2 N–H and O–H groups in total. The van der Waals surface area contributed by atoms with E-state index < -0.39 is 0 Å². The van der Waals surface area contributed by atoms with Gasteiger partial charge in [-0.1, -0.05) is 0 Å². The number of anilines is 1. The predicted octanol–water partition coefficient (Wildman–Crippen LogP) is 2.02. The molecule has 1 aromatic carbocycles. The van der Waals surface area contributed by atoms with Gasteiger partial charge in [0.05, 0.1) is 13.2 Å². The van der Waals surface area contributed by atoms with Crippen molar-refractivity contribution in [2.75, 3.05) is 31.7 Å². The summed E-state index contributed by atoms with van der Waals surface area (Å²) < 4.78 is 11.3. The number of hydrogen-bond acceptors (Lipinski definition) is 4. The van der Waals surface area contributed by atoms with Crippen molar-refractivity contribution in [2.24, 2.45) is 5.73 Å². The third-order valence-electron chi connectivity index (χ3n) is 2.82. The quantitative estimate of drug-likeness (QED) is 0.891. The molecule has 0 atom stereocenters. The zero-order chi connectivity index (χ0) is 13.2. The van der Waals surface area contributed by atoms with Gasteiger partial charge in [0.25, 0.3) is 0 Å². The number of nitrogens with zero attached hydrogens (tertiary/aromatic N) is 1. The number of benzene rings is 1. The molecular weight excluding hydrogens is 228 g/mol. The van der Waals surface area contributed by atoms with Crippen LogP contribution in [-0.2, 0) is 0 Å². The molecule has 0 saturated heterocycles. The third-order valence-corrected chi connectivity index (χ3v) is 2.82. The molecule has 1 aliphatic rings. The Hall–Kier alpha value is -1.42. The van der Waals surface area contributed by atoms with Crippen LogP contribution in [0.25, 0.3) is 0 Å². The van der Waals surface area contributed by atoms with E-state index in [1.54, 1.807) is 0 Å². The molecule has 0 unspecified atom stereocenters. The summed E-state index contributed by atoms with van der Waals surface area (Å²) >= 11 is 0. The highest BCUT2D eigenvalue weighted by Crippen LogP contribution is 2.33. The van der Waals surface area contributed by atoms with Crippen LogP contribution in [-0.4, -0.2) is 32.3 Å².